The van der Waals surface area contributed by atoms with Gasteiger partial charge in [0, 0.05) is 37.2 Å². The van der Waals surface area contributed by atoms with Gasteiger partial charge in [-0.2, -0.15) is 0 Å². The maximum Gasteiger partial charge on any atom is 0.244 e. The predicted octanol–water partition coefficient (Wildman–Crippen LogP) is 2.59. The average Bonchev–Trinajstić information content (AvgIpc) is 3.25. The zero-order valence-corrected chi connectivity index (χ0v) is 16.0. The fourth-order valence-electron chi connectivity index (χ4n) is 2.70. The molecule has 9 heteroatoms. The molecular weight excluding hydrogens is 384 g/mol. The van der Waals surface area contributed by atoms with Crippen LogP contribution >= 0.6 is 0 Å². The topological polar surface area (TPSA) is 110 Å². The van der Waals surface area contributed by atoms with E-state index in [9.17, 15) is 4.79 Å². The number of nitrogens with one attached hydrogen (secondary N) is 3. The van der Waals surface area contributed by atoms with Crippen LogP contribution in [-0.4, -0.2) is 41.0 Å². The van der Waals surface area contributed by atoms with Gasteiger partial charge in [0.05, 0.1) is 0 Å². The van der Waals surface area contributed by atoms with Crippen molar-refractivity contribution in [2.24, 2.45) is 0 Å². The van der Waals surface area contributed by atoms with Crippen molar-refractivity contribution in [2.45, 2.75) is 0 Å². The van der Waals surface area contributed by atoms with E-state index in [1.54, 1.807) is 18.5 Å². The molecule has 0 aliphatic carbocycles. The molecule has 0 saturated heterocycles. The fraction of sp³-hybridized carbons (Fsp3) is 0.143. The van der Waals surface area contributed by atoms with Gasteiger partial charge in [-0.3, -0.25) is 9.78 Å². The Morgan fingerprint density at radius 2 is 1.77 bits per heavy atom. The van der Waals surface area contributed by atoms with Crippen LogP contribution < -0.4 is 25.4 Å². The molecule has 3 N–H and O–H groups in total. The molecule has 1 aliphatic heterocycles. The Bertz CT molecular complexity index is 1020. The Balaban J connectivity index is 1.18. The van der Waals surface area contributed by atoms with Crippen molar-refractivity contribution in [3.05, 3.63) is 66.5 Å². The number of aromatic nitrogens is 3. The zero-order chi connectivity index (χ0) is 20.6. The second-order valence-corrected chi connectivity index (χ2v) is 6.33. The predicted molar refractivity (Wildman–Crippen MR) is 113 cm³/mol. The first-order valence-corrected chi connectivity index (χ1v) is 9.36. The maximum atomic E-state index is 12.0. The number of fused-ring (bicyclic) bond motifs is 1. The van der Waals surface area contributed by atoms with E-state index in [0.717, 1.165) is 11.3 Å². The van der Waals surface area contributed by atoms with Crippen LogP contribution in [0.5, 0.6) is 11.5 Å². The number of hydrogen-bond acceptors (Lipinski definition) is 8. The Kier molecular flexibility index (Phi) is 5.99. The van der Waals surface area contributed by atoms with Crippen molar-refractivity contribution in [1.29, 1.82) is 0 Å². The Labute approximate surface area is 173 Å². The number of benzene rings is 1. The van der Waals surface area contributed by atoms with Gasteiger partial charge < -0.3 is 25.4 Å². The number of amides is 1. The molecule has 0 atom stereocenters. The minimum Gasteiger partial charge on any atom is -0.454 e. The third kappa shape index (κ3) is 5.22. The number of rotatable bonds is 8. The minimum absolute atomic E-state index is 0.183. The standard InChI is InChI=1S/C21H20N6O3/c28-21(6-2-15-1-3-17-18(13-15)30-14-29-17)24-12-11-23-19-4-5-20(27-26-19)25-16-7-9-22-10-8-16/h1-10,13H,11-12,14H2,(H,23,26)(H,24,28)(H,22,25,27)/b6-2+. The van der Waals surface area contributed by atoms with E-state index < -0.39 is 0 Å². The van der Waals surface area contributed by atoms with Crippen molar-refractivity contribution < 1.29 is 14.3 Å². The largest absolute Gasteiger partial charge is 0.454 e. The second-order valence-electron chi connectivity index (χ2n) is 6.33. The lowest BCUT2D eigenvalue weighted by atomic mass is 10.2. The summed E-state index contributed by atoms with van der Waals surface area (Å²) in [6.07, 6.45) is 6.61. The summed E-state index contributed by atoms with van der Waals surface area (Å²) in [5.41, 5.74) is 1.75. The zero-order valence-electron chi connectivity index (χ0n) is 16.0. The Hall–Kier alpha value is -4.14. The highest BCUT2D eigenvalue weighted by Crippen LogP contribution is 2.32. The molecule has 0 bridgehead atoms. The molecular formula is C21H20N6O3. The molecule has 3 heterocycles. The van der Waals surface area contributed by atoms with Crippen LogP contribution in [0.15, 0.2) is 60.9 Å². The van der Waals surface area contributed by atoms with Gasteiger partial charge in [-0.25, -0.2) is 0 Å². The average molecular weight is 404 g/mol. The summed E-state index contributed by atoms with van der Waals surface area (Å²) in [4.78, 5) is 15.9. The van der Waals surface area contributed by atoms with E-state index >= 15 is 0 Å². The second kappa shape index (κ2) is 9.37. The number of nitrogens with zero attached hydrogens (tertiary/aromatic N) is 3. The lowest BCUT2D eigenvalue weighted by Crippen LogP contribution is -2.27. The van der Waals surface area contributed by atoms with Gasteiger partial charge in [-0.15, -0.1) is 10.2 Å². The third-order valence-electron chi connectivity index (χ3n) is 4.17. The lowest BCUT2D eigenvalue weighted by molar-refractivity contribution is -0.116. The summed E-state index contributed by atoms with van der Waals surface area (Å²) in [5, 5.41) is 17.3. The van der Waals surface area contributed by atoms with Gasteiger partial charge in [-0.1, -0.05) is 6.07 Å². The number of hydrogen-bond donors (Lipinski definition) is 3. The molecule has 3 aromatic rings. The Morgan fingerprint density at radius 3 is 2.60 bits per heavy atom. The molecule has 1 aliphatic rings. The Morgan fingerprint density at radius 1 is 0.967 bits per heavy atom. The van der Waals surface area contributed by atoms with Crippen molar-refractivity contribution >= 4 is 29.3 Å². The molecule has 30 heavy (non-hydrogen) atoms. The highest BCUT2D eigenvalue weighted by molar-refractivity contribution is 5.91. The highest BCUT2D eigenvalue weighted by atomic mass is 16.7. The van der Waals surface area contributed by atoms with Gasteiger partial charge in [0.1, 0.15) is 5.82 Å². The van der Waals surface area contributed by atoms with Crippen molar-refractivity contribution in [3.8, 4) is 11.5 Å². The number of carbonyl (C=O) groups is 1. The molecule has 1 aromatic carbocycles. The van der Waals surface area contributed by atoms with E-state index in [2.05, 4.69) is 31.1 Å². The first kappa shape index (κ1) is 19.2. The summed E-state index contributed by atoms with van der Waals surface area (Å²) < 4.78 is 10.6. The van der Waals surface area contributed by atoms with Crippen LogP contribution in [0.25, 0.3) is 6.08 Å². The van der Waals surface area contributed by atoms with E-state index in [0.29, 0.717) is 36.2 Å². The minimum atomic E-state index is -0.183. The lowest BCUT2D eigenvalue weighted by Gasteiger charge is -2.07. The number of carbonyl (C=O) groups excluding carboxylic acids is 1. The van der Waals surface area contributed by atoms with Gasteiger partial charge in [0.15, 0.2) is 17.3 Å². The summed E-state index contributed by atoms with van der Waals surface area (Å²) in [7, 11) is 0. The monoisotopic (exact) mass is 404 g/mol. The molecule has 152 valence electrons. The van der Waals surface area contributed by atoms with Gasteiger partial charge >= 0.3 is 0 Å². The van der Waals surface area contributed by atoms with E-state index in [1.165, 1.54) is 6.08 Å². The van der Waals surface area contributed by atoms with Crippen LogP contribution in [0, 0.1) is 0 Å². The summed E-state index contributed by atoms with van der Waals surface area (Å²) in [6, 6.07) is 12.8. The van der Waals surface area contributed by atoms with E-state index in [4.69, 9.17) is 9.47 Å². The molecule has 4 rings (SSSR count). The van der Waals surface area contributed by atoms with Crippen LogP contribution in [0.3, 0.4) is 0 Å². The highest BCUT2D eigenvalue weighted by Gasteiger charge is 2.12. The van der Waals surface area contributed by atoms with Crippen molar-refractivity contribution in [1.82, 2.24) is 20.5 Å². The molecule has 0 spiro atoms. The number of anilines is 3. The third-order valence-corrected chi connectivity index (χ3v) is 4.17. The van der Waals surface area contributed by atoms with E-state index in [1.807, 2.05) is 42.5 Å². The normalized spacial score (nSPS) is 12.0. The smallest absolute Gasteiger partial charge is 0.244 e. The summed E-state index contributed by atoms with van der Waals surface area (Å²) in [5.74, 6) is 2.48. The molecule has 1 amide bonds. The first-order valence-electron chi connectivity index (χ1n) is 9.36. The first-order chi connectivity index (χ1) is 14.8. The van der Waals surface area contributed by atoms with Crippen molar-refractivity contribution in [3.63, 3.8) is 0 Å². The van der Waals surface area contributed by atoms with Gasteiger partial charge in [0.2, 0.25) is 12.7 Å². The van der Waals surface area contributed by atoms with Crippen LogP contribution in [0.2, 0.25) is 0 Å². The number of ether oxygens (including phenoxy) is 2. The van der Waals surface area contributed by atoms with Crippen LogP contribution in [0.1, 0.15) is 5.56 Å². The van der Waals surface area contributed by atoms with Crippen LogP contribution in [0.4, 0.5) is 17.3 Å². The fourth-order valence-corrected chi connectivity index (χ4v) is 2.70. The van der Waals surface area contributed by atoms with Crippen molar-refractivity contribution in [2.75, 3.05) is 30.5 Å². The van der Waals surface area contributed by atoms with Crippen LogP contribution in [-0.2, 0) is 4.79 Å². The molecule has 2 aromatic heterocycles. The SMILES string of the molecule is O=C(/C=C/c1ccc2c(c1)OCO2)NCCNc1ccc(Nc2ccncc2)nn1. The summed E-state index contributed by atoms with van der Waals surface area (Å²) in [6.45, 7) is 1.20. The number of pyridine rings is 1. The van der Waals surface area contributed by atoms with E-state index in [-0.39, 0.29) is 12.7 Å². The molecule has 0 radical (unpaired) electrons. The molecule has 0 fully saturated rings. The quantitative estimate of drug-likeness (QED) is 0.388. The van der Waals surface area contributed by atoms with Gasteiger partial charge in [-0.05, 0) is 48.0 Å². The molecule has 0 saturated carbocycles. The molecule has 0 unspecified atom stereocenters. The molecule has 9 nitrogen and oxygen atoms in total. The van der Waals surface area contributed by atoms with Gasteiger partial charge in [0.25, 0.3) is 0 Å². The summed E-state index contributed by atoms with van der Waals surface area (Å²) >= 11 is 0. The maximum absolute atomic E-state index is 12.0.